The Morgan fingerprint density at radius 2 is 0.971 bits per heavy atom. The quantitative estimate of drug-likeness (QED) is 0.00779. The van der Waals surface area contributed by atoms with Gasteiger partial charge in [-0.05, 0) is 262 Å². The summed E-state index contributed by atoms with van der Waals surface area (Å²) in [5, 5.41) is 34.3. The van der Waals surface area contributed by atoms with Gasteiger partial charge < -0.3 is 74.4 Å². The molecule has 6 aromatic carbocycles. The van der Waals surface area contributed by atoms with Crippen molar-refractivity contribution in [3.05, 3.63) is 200 Å². The highest BCUT2D eigenvalue weighted by atomic mass is 32.1. The minimum atomic E-state index is -0.993. The Hall–Kier alpha value is -11.6. The number of hydrogen-bond acceptors (Lipinski definition) is 23. The lowest BCUT2D eigenvalue weighted by Crippen LogP contribution is -2.58. The van der Waals surface area contributed by atoms with E-state index < -0.39 is 68.9 Å². The van der Waals surface area contributed by atoms with Gasteiger partial charge in [-0.3, -0.25) is 58.3 Å². The number of nitrogens with one attached hydrogen (secondary N) is 4. The van der Waals surface area contributed by atoms with Crippen LogP contribution in [0.15, 0.2) is 144 Å². The van der Waals surface area contributed by atoms with Crippen LogP contribution in [0.25, 0.3) is 25.7 Å². The molecule has 4 aliphatic heterocycles. The molecule has 5 N–H and O–H groups in total. The lowest BCUT2D eigenvalue weighted by atomic mass is 9.85. The number of nitrogens with zero attached hydrogens (tertiary/aromatic N) is 10. The number of aliphatic hydroxyl groups is 1. The zero-order valence-corrected chi connectivity index (χ0v) is 85.0. The third-order valence-corrected chi connectivity index (χ3v) is 27.4. The fraction of sp³-hybridized carbons (Fsp3) is 0.485. The van der Waals surface area contributed by atoms with Gasteiger partial charge in [-0.15, -0.1) is 22.7 Å². The van der Waals surface area contributed by atoms with Crippen LogP contribution in [0.2, 0.25) is 0 Å². The van der Waals surface area contributed by atoms with E-state index in [1.807, 2.05) is 209 Å². The van der Waals surface area contributed by atoms with Crippen LogP contribution in [-0.2, 0) is 63.8 Å². The summed E-state index contributed by atoms with van der Waals surface area (Å²) in [5.41, 5.74) is 10.7. The number of nitro groups is 1. The van der Waals surface area contributed by atoms with Crippen LogP contribution in [0.4, 0.5) is 34.1 Å². The highest BCUT2D eigenvalue weighted by Crippen LogP contribution is 2.42. The van der Waals surface area contributed by atoms with Crippen molar-refractivity contribution in [2.75, 3.05) is 98.8 Å². The average Bonchev–Trinajstić information content (AvgIpc) is 1.58. The molecule has 8 amide bonds. The van der Waals surface area contributed by atoms with Crippen LogP contribution < -0.4 is 50.3 Å². The first-order chi connectivity index (χ1) is 65.6. The Morgan fingerprint density at radius 1 is 0.551 bits per heavy atom. The van der Waals surface area contributed by atoms with Crippen LogP contribution in [-0.4, -0.2) is 208 Å². The van der Waals surface area contributed by atoms with Gasteiger partial charge in [-0.1, -0.05) is 103 Å². The third-order valence-electron chi connectivity index (χ3n) is 24.7. The number of carbonyl (C=O) groups is 8. The molecule has 2 aromatic heterocycles. The molecule has 0 aliphatic carbocycles. The summed E-state index contributed by atoms with van der Waals surface area (Å²) in [5.74, 6) is -0.990. The van der Waals surface area contributed by atoms with Gasteiger partial charge in [0, 0.05) is 94.4 Å². The van der Waals surface area contributed by atoms with Crippen molar-refractivity contribution in [2.45, 2.75) is 229 Å². The van der Waals surface area contributed by atoms with Crippen LogP contribution in [0.5, 0.6) is 11.5 Å². The molecule has 138 heavy (non-hydrogen) atoms. The minimum Gasteiger partial charge on any atom is -0.494 e. The van der Waals surface area contributed by atoms with Gasteiger partial charge in [-0.2, -0.15) is 0 Å². The van der Waals surface area contributed by atoms with E-state index in [9.17, 15) is 53.6 Å². The van der Waals surface area contributed by atoms with Crippen LogP contribution in [0.3, 0.4) is 0 Å². The average molecular weight is 1960 g/mol. The number of thiazole rings is 2. The smallest absolute Gasteiger partial charge is 0.272 e. The molecule has 4 fully saturated rings. The van der Waals surface area contributed by atoms with Crippen molar-refractivity contribution in [1.82, 2.24) is 41.0 Å². The van der Waals surface area contributed by atoms with E-state index in [0.29, 0.717) is 111 Å². The second-order valence-corrected chi connectivity index (χ2v) is 41.0. The first-order valence-electron chi connectivity index (χ1n) is 46.9. The molecular weight excluding hydrogens is 1830 g/mol. The lowest BCUT2D eigenvalue weighted by Gasteiger charge is -2.35. The predicted octanol–water partition coefficient (Wildman–Crippen LogP) is 16.5. The topological polar surface area (TPSA) is 353 Å². The number of nitro benzene ring substituents is 1. The van der Waals surface area contributed by atoms with Crippen molar-refractivity contribution < 1.29 is 76.8 Å². The Morgan fingerprint density at radius 3 is 1.41 bits per heavy atom. The molecule has 8 aromatic rings. The molecule has 0 spiro atoms. The standard InChI is InChI=1S/C53H67N7O7S2.C50H63N7O10S2/c1-34-29-44(48(62)56-36(3)38-15-17-39(18-16-38)46-37(4)55-33-69-46)58(31-34)49(63)47(52(5,6)7)57-45(61)32-66-27-14-26-65-25-12-11-13-28-67-42-22-19-40(20-23-42)60-51(68)59(50(64)53(60,8)9)41-21-24-43(54-10)35(2)30-41;1-32-26-37(18-21-40(32)57(63)64)55-47(62)50(6,7)56(48(55)68)36-16-19-39(20-17-36)67-25-10-8-9-22-65-23-11-24-66-30-42(59)53-44(49(3,4)5)46(61)54-29-38(58)27-41(54)45(60)51-28-34-12-14-35(15-13-34)43-33(2)52-31-69-43/h15-24,30,33-34,36,44,47H,11-14,25-29,31-32H2,1-9H3,(H,56,62)(H,57,61);12-21,26,31,38,41,44,58H,8-11,22-25,27-30H2,1-7H3,(H,51,60)(H,53,59)/t34-,36+,44+,47-;38-,41+,44-/m11/s1. The summed E-state index contributed by atoms with van der Waals surface area (Å²) < 4.78 is 34.8. The van der Waals surface area contributed by atoms with Crippen molar-refractivity contribution in [1.29, 1.82) is 0 Å². The van der Waals surface area contributed by atoms with Crippen molar-refractivity contribution >= 4 is 139 Å². The monoisotopic (exact) mass is 1960 g/mol. The Balaban J connectivity index is 0.000000265. The molecule has 0 bridgehead atoms. The molecule has 31 nitrogen and oxygen atoms in total. The first-order valence-corrected chi connectivity index (χ1v) is 49.5. The number of β-amino-alcohol motifs (C(OH)–C–C–N with tert-alkyl or cyclic N) is 1. The molecule has 35 heteroatoms. The molecule has 7 atom stereocenters. The molecule has 12 rings (SSSR count). The van der Waals surface area contributed by atoms with Crippen molar-refractivity contribution in [3.8, 4) is 32.4 Å². The molecule has 0 saturated carbocycles. The third kappa shape index (κ3) is 27.3. The fourth-order valence-electron chi connectivity index (χ4n) is 17.0. The van der Waals surface area contributed by atoms with Crippen molar-refractivity contribution in [2.24, 2.45) is 16.7 Å². The summed E-state index contributed by atoms with van der Waals surface area (Å²) in [7, 11) is 0. The van der Waals surface area contributed by atoms with Gasteiger partial charge in [0.1, 0.15) is 60.0 Å². The highest BCUT2D eigenvalue weighted by molar-refractivity contribution is 7.81. The van der Waals surface area contributed by atoms with Crippen LogP contribution in [0.1, 0.15) is 187 Å². The number of ether oxygens (including phenoxy) is 6. The Kier molecular flexibility index (Phi) is 37.4. The zero-order chi connectivity index (χ0) is 100. The number of unbranched alkanes of at least 4 members (excludes halogenated alkanes) is 4. The number of carbonyl (C=O) groups excluding carboxylic acids is 8. The molecule has 4 saturated heterocycles. The number of hydrogen-bond donors (Lipinski definition) is 5. The van der Waals surface area contributed by atoms with E-state index in [-0.39, 0.29) is 97.5 Å². The Bertz CT molecular complexity index is 5660. The molecular formula is C103H130N14O17S4. The number of likely N-dealkylation sites (tertiary alicyclic amines) is 2. The van der Waals surface area contributed by atoms with E-state index in [1.54, 1.807) is 71.4 Å². The number of aromatic nitrogens is 2. The maximum Gasteiger partial charge on any atom is 0.272 e. The second-order valence-electron chi connectivity index (χ2n) is 38.6. The zero-order valence-electron chi connectivity index (χ0n) is 81.7. The molecule has 0 unspecified atom stereocenters. The number of thiocarbonyl (C=S) groups is 2. The van der Waals surface area contributed by atoms with Crippen molar-refractivity contribution in [3.63, 3.8) is 0 Å². The highest BCUT2D eigenvalue weighted by Gasteiger charge is 2.53. The van der Waals surface area contributed by atoms with E-state index in [4.69, 9.17) is 59.4 Å². The largest absolute Gasteiger partial charge is 0.494 e. The maximum atomic E-state index is 14.1. The van der Waals surface area contributed by atoms with Gasteiger partial charge in [-0.25, -0.2) is 14.8 Å². The summed E-state index contributed by atoms with van der Waals surface area (Å²) >= 11 is 14.8. The maximum absolute atomic E-state index is 14.1. The molecule has 0 radical (unpaired) electrons. The number of rotatable bonds is 43. The molecule has 6 heterocycles. The number of benzene rings is 6. The summed E-state index contributed by atoms with van der Waals surface area (Å²) in [6, 6.07) is 37.1. The minimum absolute atomic E-state index is 0.0155. The number of aryl methyl sites for hydroxylation is 4. The predicted molar refractivity (Wildman–Crippen MR) is 544 cm³/mol. The van der Waals surface area contributed by atoms with E-state index >= 15 is 0 Å². The first kappa shape index (κ1) is 107. The van der Waals surface area contributed by atoms with E-state index in [2.05, 4.69) is 36.1 Å². The van der Waals surface area contributed by atoms with Gasteiger partial charge in [0.2, 0.25) is 35.4 Å². The number of aliphatic hydroxyl groups excluding tert-OH is 1. The normalized spacial score (nSPS) is 17.5. The fourth-order valence-corrected chi connectivity index (χ4v) is 19.7. The van der Waals surface area contributed by atoms with Gasteiger partial charge in [0.25, 0.3) is 17.5 Å². The summed E-state index contributed by atoms with van der Waals surface area (Å²) in [4.78, 5) is 143. The second kappa shape index (κ2) is 48.3. The van der Waals surface area contributed by atoms with Gasteiger partial charge in [0.15, 0.2) is 15.9 Å². The Labute approximate surface area is 827 Å². The van der Waals surface area contributed by atoms with Crippen LogP contribution >= 0.6 is 47.1 Å². The van der Waals surface area contributed by atoms with E-state index in [0.717, 1.165) is 98.9 Å². The SMILES string of the molecule is Cc1cc(N2C(=O)C(C)(C)N(c3ccc(OCCCCCOCCCOCC(=O)N[C@H](C(=O)N4C[C@H](O)C[C@H]4C(=O)NCc4ccc(-c5scnc5C)cc4)C(C)(C)C)cc3)C2=S)ccc1[N+](=O)[O-].[C-]#[N+]c1ccc(N2C(=O)C(C)(C)N(c3ccc(OCCCCCOCCCOCC(=O)N[C@H](C(=O)N4C[C@H](C)C[C@H]4C(=O)N[C@@H](C)c4ccc(-c5scnc5C)cc4)C(C)(C)C)cc3)C2=S)cc1C. The van der Waals surface area contributed by atoms with E-state index in [1.165, 1.54) is 26.8 Å². The molecule has 738 valence electrons. The summed E-state index contributed by atoms with van der Waals surface area (Å²) in [6.07, 6.45) is 6.17. The number of amides is 8. The van der Waals surface area contributed by atoms with Gasteiger partial charge in [0.05, 0.1) is 74.7 Å². The molecule has 4 aliphatic rings. The summed E-state index contributed by atoms with van der Waals surface area (Å²) in [6.45, 7) is 41.3. The number of anilines is 4. The van der Waals surface area contributed by atoms with Crippen LogP contribution in [0, 0.1) is 61.1 Å². The van der Waals surface area contributed by atoms with Gasteiger partial charge >= 0.3 is 0 Å². The lowest BCUT2D eigenvalue weighted by molar-refractivity contribution is -0.385.